The number of pyridine rings is 2. The zero-order valence-corrected chi connectivity index (χ0v) is 33.2. The predicted octanol–water partition coefficient (Wildman–Crippen LogP) is 10.8. The van der Waals surface area contributed by atoms with E-state index in [1.807, 2.05) is 103 Å². The van der Waals surface area contributed by atoms with Crippen LogP contribution in [0.5, 0.6) is 0 Å². The Morgan fingerprint density at radius 1 is 0.654 bits per heavy atom. The molecule has 0 amide bonds. The van der Waals surface area contributed by atoms with Crippen molar-refractivity contribution in [3.05, 3.63) is 152 Å². The number of furan rings is 2. The molecule has 8 heteroatoms. The smallest absolute Gasteiger partial charge is 0.216 e. The fourth-order valence-corrected chi connectivity index (χ4v) is 8.84. The first-order valence-electron chi connectivity index (χ1n) is 16.9. The van der Waals surface area contributed by atoms with Crippen molar-refractivity contribution in [1.82, 2.24) is 19.5 Å². The van der Waals surface area contributed by atoms with E-state index in [0.717, 1.165) is 77.7 Å². The van der Waals surface area contributed by atoms with Crippen LogP contribution in [0.3, 0.4) is 0 Å². The van der Waals surface area contributed by atoms with Gasteiger partial charge in [-0.2, -0.15) is 0 Å². The monoisotopic (exact) mass is 915 g/mol. The van der Waals surface area contributed by atoms with Crippen molar-refractivity contribution >= 4 is 72.7 Å². The van der Waals surface area contributed by atoms with Crippen LogP contribution in [-0.2, 0) is 20.1 Å². The van der Waals surface area contributed by atoms with Crippen LogP contribution >= 0.6 is 0 Å². The third-order valence-electron chi connectivity index (χ3n) is 9.23. The molecule has 0 unspecified atom stereocenters. The van der Waals surface area contributed by atoms with Gasteiger partial charge in [0, 0.05) is 37.1 Å². The van der Waals surface area contributed by atoms with E-state index < -0.39 is 13.3 Å². The molecule has 52 heavy (non-hydrogen) atoms. The summed E-state index contributed by atoms with van der Waals surface area (Å²) >= 11 is -1.72. The molecule has 0 aliphatic heterocycles. The minimum Gasteiger partial charge on any atom is -0.486 e. The van der Waals surface area contributed by atoms with Crippen LogP contribution in [0, 0.1) is 12.1 Å². The summed E-state index contributed by atoms with van der Waals surface area (Å²) < 4.78 is 16.1. The van der Waals surface area contributed by atoms with Gasteiger partial charge in [-0.1, -0.05) is 47.3 Å². The van der Waals surface area contributed by atoms with E-state index in [1.54, 1.807) is 6.20 Å². The van der Waals surface area contributed by atoms with Gasteiger partial charge in [0.25, 0.3) is 0 Å². The number of hydrogen-bond donors (Lipinski definition) is 0. The maximum absolute atomic E-state index is 6.25. The Balaban J connectivity index is 0.000000193. The predicted molar refractivity (Wildman–Crippen MR) is 209 cm³/mol. The Bertz CT molecular complexity index is 2850. The molecule has 0 spiro atoms. The van der Waals surface area contributed by atoms with Crippen LogP contribution in [0.4, 0.5) is 0 Å². The van der Waals surface area contributed by atoms with Gasteiger partial charge < -0.3 is 13.4 Å². The fourth-order valence-electron chi connectivity index (χ4n) is 6.67. The second-order valence-corrected chi connectivity index (χ2v) is 24.2. The number of hydrogen-bond acceptors (Lipinski definition) is 5. The molecule has 0 aliphatic rings. The van der Waals surface area contributed by atoms with Crippen molar-refractivity contribution in [2.75, 3.05) is 0 Å². The van der Waals surface area contributed by atoms with E-state index in [2.05, 4.69) is 74.3 Å². The largest absolute Gasteiger partial charge is 0.486 e. The summed E-state index contributed by atoms with van der Waals surface area (Å²) in [4.78, 5) is 14.0. The molecule has 0 bridgehead atoms. The molecular weight excluding hydrogens is 881 g/mol. The minimum absolute atomic E-state index is 0. The molecule has 1 radical (unpaired) electrons. The number of benzene rings is 5. The van der Waals surface area contributed by atoms with E-state index in [0.29, 0.717) is 5.71 Å². The topological polar surface area (TPSA) is 69.9 Å². The summed E-state index contributed by atoms with van der Waals surface area (Å²) in [5.41, 5.74) is 8.78. The average molecular weight is 914 g/mol. The molecule has 5 aromatic carbocycles. The summed E-state index contributed by atoms with van der Waals surface area (Å²) in [5.74, 6) is 7.90. The molecule has 255 valence electrons. The molecule has 0 saturated carbocycles. The SMILES string of the molecule is [CH3][Ge]([CH3])([CH3])[c]1ccc(-c2[c-]cccc2)nc1.[Ir].[c-]1ccc2c(oc3ncccc32)c1-c1nc2ccccc2n1-c1cccc2oc3ccccc3c12. The molecule has 6 nitrogen and oxygen atoms in total. The van der Waals surface area contributed by atoms with Crippen LogP contribution in [-0.4, -0.2) is 32.8 Å². The molecule has 10 aromatic rings. The Hall–Kier alpha value is -5.34. The van der Waals surface area contributed by atoms with Crippen LogP contribution in [0.1, 0.15) is 0 Å². The summed E-state index contributed by atoms with van der Waals surface area (Å²) in [6.45, 7) is 0. The second kappa shape index (κ2) is 13.7. The standard InChI is InChI=1S/C30H16N3O2.C14H16GeN.Ir/c1-4-15-25-20(8-1)27-24(14-6-16-26(27)34-25)33-23-13-3-2-12-22(23)32-29(33)21-10-5-9-18-19-11-7-17-31-30(19)35-28(18)21;1-15(2,3)13-9-10-14(16-11-13)12-7-5-4-6-8-12;/h1-9,11-17H;4-7,9-11H,1-3H3;/q2*-1;. The summed E-state index contributed by atoms with van der Waals surface area (Å²) in [7, 11) is 0. The Morgan fingerprint density at radius 3 is 2.29 bits per heavy atom. The van der Waals surface area contributed by atoms with Crippen LogP contribution < -0.4 is 4.40 Å². The molecular formula is C44H32GeIrN4O2-2. The van der Waals surface area contributed by atoms with Gasteiger partial charge in [0.1, 0.15) is 11.2 Å². The van der Waals surface area contributed by atoms with Gasteiger partial charge >= 0.3 is 99.8 Å². The summed E-state index contributed by atoms with van der Waals surface area (Å²) in [5, 5.41) is 4.08. The van der Waals surface area contributed by atoms with Crippen molar-refractivity contribution < 1.29 is 28.9 Å². The zero-order chi connectivity index (χ0) is 34.5. The van der Waals surface area contributed by atoms with Crippen LogP contribution in [0.15, 0.2) is 149 Å². The first kappa shape index (κ1) is 33.8. The molecule has 5 aromatic heterocycles. The summed E-state index contributed by atoms with van der Waals surface area (Å²) in [6, 6.07) is 49.2. The molecule has 0 atom stereocenters. The van der Waals surface area contributed by atoms with Crippen molar-refractivity contribution in [1.29, 1.82) is 0 Å². The Labute approximate surface area is 316 Å². The number of nitrogens with zero attached hydrogens (tertiary/aromatic N) is 4. The third kappa shape index (κ3) is 5.95. The molecule has 0 aliphatic carbocycles. The Morgan fingerprint density at radius 2 is 1.46 bits per heavy atom. The number of aromatic nitrogens is 4. The van der Waals surface area contributed by atoms with E-state index in [-0.39, 0.29) is 20.1 Å². The van der Waals surface area contributed by atoms with E-state index >= 15 is 0 Å². The Kier molecular flexibility index (Phi) is 8.87. The third-order valence-corrected chi connectivity index (χ3v) is 13.5. The molecule has 10 rings (SSSR count). The van der Waals surface area contributed by atoms with Gasteiger partial charge in [-0.3, -0.25) is 4.98 Å². The summed E-state index contributed by atoms with van der Waals surface area (Å²) in [6.07, 6.45) is 3.78. The van der Waals surface area contributed by atoms with Gasteiger partial charge in [-0.15, -0.1) is 18.2 Å². The van der Waals surface area contributed by atoms with Crippen LogP contribution in [0.25, 0.3) is 83.4 Å². The fraction of sp³-hybridized carbons (Fsp3) is 0.0682. The number of para-hydroxylation sites is 3. The minimum atomic E-state index is -1.72. The first-order chi connectivity index (χ1) is 24.9. The van der Waals surface area contributed by atoms with E-state index in [1.165, 1.54) is 4.40 Å². The van der Waals surface area contributed by atoms with Gasteiger partial charge in [0.2, 0.25) is 5.71 Å². The average Bonchev–Trinajstić information content (AvgIpc) is 3.87. The van der Waals surface area contributed by atoms with Crippen molar-refractivity contribution in [3.8, 4) is 28.3 Å². The molecule has 5 heterocycles. The normalized spacial score (nSPS) is 11.6. The number of rotatable bonds is 4. The maximum atomic E-state index is 6.25. The van der Waals surface area contributed by atoms with Gasteiger partial charge in [-0.25, -0.2) is 4.98 Å². The van der Waals surface area contributed by atoms with Crippen molar-refractivity contribution in [2.45, 2.75) is 17.3 Å². The number of imidazole rings is 1. The van der Waals surface area contributed by atoms with E-state index in [4.69, 9.17) is 13.8 Å². The van der Waals surface area contributed by atoms with E-state index in [9.17, 15) is 0 Å². The van der Waals surface area contributed by atoms with Gasteiger partial charge in [0.05, 0.1) is 33.5 Å². The second-order valence-electron chi connectivity index (χ2n) is 13.5. The molecule has 0 saturated heterocycles. The van der Waals surface area contributed by atoms with Gasteiger partial charge in [0.15, 0.2) is 0 Å². The maximum Gasteiger partial charge on any atom is 0.216 e. The van der Waals surface area contributed by atoms with Crippen molar-refractivity contribution in [2.24, 2.45) is 0 Å². The number of fused-ring (bicyclic) bond motifs is 7. The molecule has 0 fully saturated rings. The van der Waals surface area contributed by atoms with Crippen LogP contribution in [0.2, 0.25) is 17.3 Å². The van der Waals surface area contributed by atoms with Crippen molar-refractivity contribution in [3.63, 3.8) is 0 Å². The quantitative estimate of drug-likeness (QED) is 0.130. The molecule has 0 N–H and O–H groups in total. The van der Waals surface area contributed by atoms with Gasteiger partial charge in [-0.05, 0) is 42.5 Å². The first-order valence-corrected chi connectivity index (χ1v) is 24.3. The zero-order valence-electron chi connectivity index (χ0n) is 28.7.